The first-order chi connectivity index (χ1) is 12.7. The van der Waals surface area contributed by atoms with Crippen molar-refractivity contribution in [2.45, 2.75) is 13.3 Å². The van der Waals surface area contributed by atoms with E-state index in [9.17, 15) is 4.39 Å². The Morgan fingerprint density at radius 2 is 1.88 bits per heavy atom. The predicted octanol–water partition coefficient (Wildman–Crippen LogP) is 5.28. The van der Waals surface area contributed by atoms with Gasteiger partial charge in [0, 0.05) is 35.3 Å². The summed E-state index contributed by atoms with van der Waals surface area (Å²) in [6.45, 7) is 2.04. The van der Waals surface area contributed by atoms with E-state index in [4.69, 9.17) is 4.74 Å². The van der Waals surface area contributed by atoms with Gasteiger partial charge < -0.3 is 9.72 Å². The highest BCUT2D eigenvalue weighted by molar-refractivity contribution is 5.92. The Morgan fingerprint density at radius 3 is 2.58 bits per heavy atom. The smallest absolute Gasteiger partial charge is 0.123 e. The topological polar surface area (TPSA) is 37.9 Å². The number of halogens is 1. The number of pyridine rings is 1. The number of methoxy groups -OCH3 is 1. The highest BCUT2D eigenvalue weighted by Crippen LogP contribution is 2.35. The number of nitrogens with zero attached hydrogens (tertiary/aromatic N) is 1. The summed E-state index contributed by atoms with van der Waals surface area (Å²) < 4.78 is 18.8. The first-order valence-corrected chi connectivity index (χ1v) is 8.51. The molecule has 0 saturated heterocycles. The van der Waals surface area contributed by atoms with E-state index >= 15 is 0 Å². The number of hydrogen-bond donors (Lipinski definition) is 1. The molecule has 0 bridgehead atoms. The molecule has 0 aliphatic carbocycles. The zero-order valence-corrected chi connectivity index (χ0v) is 14.7. The fourth-order valence-corrected chi connectivity index (χ4v) is 3.34. The van der Waals surface area contributed by atoms with Crippen molar-refractivity contribution in [1.29, 1.82) is 0 Å². The number of aromatic nitrogens is 2. The van der Waals surface area contributed by atoms with Crippen molar-refractivity contribution >= 4 is 10.9 Å². The molecule has 26 heavy (non-hydrogen) atoms. The molecule has 2 aromatic heterocycles. The molecule has 0 saturated carbocycles. The van der Waals surface area contributed by atoms with Crippen LogP contribution >= 0.6 is 0 Å². The highest BCUT2D eigenvalue weighted by atomic mass is 19.1. The first-order valence-electron chi connectivity index (χ1n) is 8.51. The summed E-state index contributed by atoms with van der Waals surface area (Å²) in [5.41, 5.74) is 6.15. The molecule has 4 heteroatoms. The molecule has 0 aliphatic heterocycles. The lowest BCUT2D eigenvalue weighted by atomic mass is 9.99. The molecule has 0 fully saturated rings. The molecule has 2 aromatic carbocycles. The number of nitrogens with one attached hydrogen (secondary N) is 1. The van der Waals surface area contributed by atoms with Gasteiger partial charge in [-0.05, 0) is 66.1 Å². The number of ether oxygens (including phenoxy) is 1. The molecule has 1 N–H and O–H groups in total. The number of fused-ring (bicyclic) bond motifs is 1. The molecule has 4 rings (SSSR count). The summed E-state index contributed by atoms with van der Waals surface area (Å²) in [6.07, 6.45) is 2.50. The quantitative estimate of drug-likeness (QED) is 0.546. The molecule has 0 spiro atoms. The van der Waals surface area contributed by atoms with Gasteiger partial charge >= 0.3 is 0 Å². The van der Waals surface area contributed by atoms with E-state index in [2.05, 4.69) is 16.0 Å². The van der Waals surface area contributed by atoms with Gasteiger partial charge in [0.2, 0.25) is 0 Å². The van der Waals surface area contributed by atoms with Gasteiger partial charge in [0.25, 0.3) is 0 Å². The number of H-pyrrole nitrogens is 1. The van der Waals surface area contributed by atoms with Crippen LogP contribution in [0.25, 0.3) is 22.2 Å². The van der Waals surface area contributed by atoms with E-state index in [1.807, 2.05) is 31.2 Å². The van der Waals surface area contributed by atoms with Crippen LogP contribution in [-0.4, -0.2) is 17.1 Å². The van der Waals surface area contributed by atoms with Gasteiger partial charge in [-0.3, -0.25) is 4.98 Å². The maximum absolute atomic E-state index is 13.4. The van der Waals surface area contributed by atoms with E-state index in [-0.39, 0.29) is 5.82 Å². The minimum atomic E-state index is -0.242. The Labute approximate surface area is 151 Å². The Kier molecular flexibility index (Phi) is 4.17. The van der Waals surface area contributed by atoms with Gasteiger partial charge in [0.05, 0.1) is 12.8 Å². The van der Waals surface area contributed by atoms with Crippen LogP contribution in [0.3, 0.4) is 0 Å². The van der Waals surface area contributed by atoms with Gasteiger partial charge in [-0.1, -0.05) is 6.07 Å². The standard InChI is InChI=1S/C22H19FN2O/c1-14-11-18-19(12-17-5-3-4-10-24-17)22(15-6-8-16(23)9-7-15)25-20(18)13-21(14)26-2/h3-11,13,25H,12H2,1-2H3. The van der Waals surface area contributed by atoms with Gasteiger partial charge in [-0.25, -0.2) is 4.39 Å². The third-order valence-electron chi connectivity index (χ3n) is 4.64. The molecule has 0 unspecified atom stereocenters. The van der Waals surface area contributed by atoms with Crippen LogP contribution < -0.4 is 4.74 Å². The Morgan fingerprint density at radius 1 is 1.08 bits per heavy atom. The number of rotatable bonds is 4. The fraction of sp³-hybridized carbons (Fsp3) is 0.136. The second-order valence-corrected chi connectivity index (χ2v) is 6.35. The molecule has 0 atom stereocenters. The molecular weight excluding hydrogens is 327 g/mol. The molecule has 2 heterocycles. The summed E-state index contributed by atoms with van der Waals surface area (Å²) in [6, 6.07) is 16.6. The van der Waals surface area contributed by atoms with Gasteiger partial charge in [0.1, 0.15) is 11.6 Å². The van der Waals surface area contributed by atoms with Crippen LogP contribution in [0, 0.1) is 12.7 Å². The summed E-state index contributed by atoms with van der Waals surface area (Å²) in [5, 5.41) is 1.13. The molecule has 0 aliphatic rings. The van der Waals surface area contributed by atoms with E-state index in [1.54, 1.807) is 25.4 Å². The van der Waals surface area contributed by atoms with Crippen LogP contribution in [0.1, 0.15) is 16.8 Å². The summed E-state index contributed by atoms with van der Waals surface area (Å²) in [5.74, 6) is 0.599. The van der Waals surface area contributed by atoms with Crippen LogP contribution in [0.15, 0.2) is 60.8 Å². The van der Waals surface area contributed by atoms with E-state index in [0.29, 0.717) is 6.42 Å². The molecular formula is C22H19FN2O. The Balaban J connectivity index is 1.93. The van der Waals surface area contributed by atoms with Crippen molar-refractivity contribution in [3.05, 3.63) is 83.4 Å². The third-order valence-corrected chi connectivity index (χ3v) is 4.64. The Hall–Kier alpha value is -3.14. The predicted molar refractivity (Wildman–Crippen MR) is 102 cm³/mol. The lowest BCUT2D eigenvalue weighted by Crippen LogP contribution is -1.93. The zero-order chi connectivity index (χ0) is 18.1. The molecule has 0 radical (unpaired) electrons. The summed E-state index contributed by atoms with van der Waals surface area (Å²) in [7, 11) is 1.67. The molecule has 3 nitrogen and oxygen atoms in total. The maximum Gasteiger partial charge on any atom is 0.123 e. The normalized spacial score (nSPS) is 11.0. The lowest BCUT2D eigenvalue weighted by Gasteiger charge is -2.07. The van der Waals surface area contributed by atoms with Crippen molar-refractivity contribution in [1.82, 2.24) is 9.97 Å². The van der Waals surface area contributed by atoms with E-state index in [0.717, 1.165) is 44.7 Å². The lowest BCUT2D eigenvalue weighted by molar-refractivity contribution is 0.412. The summed E-state index contributed by atoms with van der Waals surface area (Å²) in [4.78, 5) is 7.96. The fourth-order valence-electron chi connectivity index (χ4n) is 3.34. The van der Waals surface area contributed by atoms with Crippen molar-refractivity contribution < 1.29 is 9.13 Å². The van der Waals surface area contributed by atoms with Crippen molar-refractivity contribution in [3.63, 3.8) is 0 Å². The molecule has 4 aromatic rings. The number of aromatic amines is 1. The first kappa shape index (κ1) is 16.3. The van der Waals surface area contributed by atoms with Crippen LogP contribution in [-0.2, 0) is 6.42 Å². The monoisotopic (exact) mass is 346 g/mol. The second-order valence-electron chi connectivity index (χ2n) is 6.35. The van der Waals surface area contributed by atoms with Crippen LogP contribution in [0.2, 0.25) is 0 Å². The average molecular weight is 346 g/mol. The van der Waals surface area contributed by atoms with Gasteiger partial charge in [-0.2, -0.15) is 0 Å². The maximum atomic E-state index is 13.4. The SMILES string of the molecule is COc1cc2[nH]c(-c3ccc(F)cc3)c(Cc3ccccn3)c2cc1C. The molecule has 0 amide bonds. The highest BCUT2D eigenvalue weighted by Gasteiger charge is 2.16. The van der Waals surface area contributed by atoms with Crippen molar-refractivity contribution in [3.8, 4) is 17.0 Å². The van der Waals surface area contributed by atoms with Crippen molar-refractivity contribution in [2.24, 2.45) is 0 Å². The van der Waals surface area contributed by atoms with Crippen LogP contribution in [0.4, 0.5) is 4.39 Å². The van der Waals surface area contributed by atoms with Gasteiger partial charge in [-0.15, -0.1) is 0 Å². The Bertz CT molecular complexity index is 1050. The minimum Gasteiger partial charge on any atom is -0.496 e. The van der Waals surface area contributed by atoms with Crippen LogP contribution in [0.5, 0.6) is 5.75 Å². The average Bonchev–Trinajstić information content (AvgIpc) is 3.00. The van der Waals surface area contributed by atoms with E-state index < -0.39 is 0 Å². The number of benzene rings is 2. The summed E-state index contributed by atoms with van der Waals surface area (Å²) >= 11 is 0. The third kappa shape index (κ3) is 2.94. The largest absolute Gasteiger partial charge is 0.496 e. The molecule has 130 valence electrons. The number of hydrogen-bond acceptors (Lipinski definition) is 2. The number of aryl methyl sites for hydroxylation is 1. The van der Waals surface area contributed by atoms with Gasteiger partial charge in [0.15, 0.2) is 0 Å². The van der Waals surface area contributed by atoms with E-state index in [1.165, 1.54) is 12.1 Å². The second kappa shape index (κ2) is 6.64. The zero-order valence-electron chi connectivity index (χ0n) is 14.7. The van der Waals surface area contributed by atoms with Crippen molar-refractivity contribution in [2.75, 3.05) is 7.11 Å². The minimum absolute atomic E-state index is 0.242.